The van der Waals surface area contributed by atoms with E-state index < -0.39 is 18.0 Å². The number of benzene rings is 2. The second-order valence-corrected chi connectivity index (χ2v) is 7.00. The monoisotopic (exact) mass is 474 g/mol. The number of halogens is 3. The van der Waals surface area contributed by atoms with Crippen LogP contribution in [0.2, 0.25) is 0 Å². The van der Waals surface area contributed by atoms with Gasteiger partial charge >= 0.3 is 12.1 Å². The highest BCUT2D eigenvalue weighted by Gasteiger charge is 2.42. The number of methoxy groups -OCH3 is 2. The number of nitrogens with one attached hydrogen (secondary N) is 1. The number of hydrogen-bond donors (Lipinski definition) is 2. The summed E-state index contributed by atoms with van der Waals surface area (Å²) < 4.78 is 53.5. The summed E-state index contributed by atoms with van der Waals surface area (Å²) in [7, 11) is 2.87. The summed E-state index contributed by atoms with van der Waals surface area (Å²) in [5.74, 6) is -2.52. The molecule has 0 spiro atoms. The van der Waals surface area contributed by atoms with E-state index in [2.05, 4.69) is 30.0 Å². The number of aromatic nitrogens is 4. The number of ether oxygens (including phenoxy) is 3. The number of esters is 1. The van der Waals surface area contributed by atoms with Crippen molar-refractivity contribution in [2.24, 2.45) is 0 Å². The van der Waals surface area contributed by atoms with E-state index in [0.29, 0.717) is 17.0 Å². The van der Waals surface area contributed by atoms with Crippen LogP contribution >= 0.6 is 0 Å². The van der Waals surface area contributed by atoms with Crippen LogP contribution in [0.15, 0.2) is 30.3 Å². The second kappa shape index (κ2) is 8.50. The highest BCUT2D eigenvalue weighted by atomic mass is 19.4. The van der Waals surface area contributed by atoms with Gasteiger partial charge in [0, 0.05) is 17.1 Å². The average molecular weight is 474 g/mol. The van der Waals surface area contributed by atoms with Crippen LogP contribution in [0.25, 0.3) is 21.8 Å². The highest BCUT2D eigenvalue weighted by Crippen LogP contribution is 2.35. The minimum Gasteiger partial charge on any atom is -0.497 e. The fraction of sp³-hybridized carbons (Fsp3) is 0.190. The molecule has 0 saturated heterocycles. The molecular weight excluding hydrogens is 457 g/mol. The summed E-state index contributed by atoms with van der Waals surface area (Å²) in [5, 5.41) is 3.43. The predicted octanol–water partition coefficient (Wildman–Crippen LogP) is 3.69. The second-order valence-electron chi connectivity index (χ2n) is 7.00. The van der Waals surface area contributed by atoms with Crippen molar-refractivity contribution in [3.8, 4) is 17.4 Å². The Balaban J connectivity index is 1.82. The van der Waals surface area contributed by atoms with Crippen LogP contribution in [0.5, 0.6) is 17.4 Å². The van der Waals surface area contributed by atoms with Crippen molar-refractivity contribution < 1.29 is 32.2 Å². The molecule has 0 fully saturated rings. The molecule has 3 N–H and O–H groups in total. The van der Waals surface area contributed by atoms with Crippen LogP contribution in [-0.4, -0.2) is 46.3 Å². The number of carbonyl (C=O) groups excluding carboxylic acids is 1. The van der Waals surface area contributed by atoms with Crippen molar-refractivity contribution in [2.75, 3.05) is 25.3 Å². The first-order valence-corrected chi connectivity index (χ1v) is 9.62. The standard InChI is InChI=1S/C21H17F3N6O4/c1-9-12-8-11(32-2)4-5-14(12)27-19(26-9)30-20-28-16-13(6-10(25)7-15(16)33-3)17(29-20)34-18(31)21(22,23)24/h4-8H,25H2,1-3H3,(H,26,27,28,29,30). The molecule has 0 aliphatic carbocycles. The Labute approximate surface area is 189 Å². The average Bonchev–Trinajstić information content (AvgIpc) is 2.78. The van der Waals surface area contributed by atoms with E-state index in [0.717, 1.165) is 5.39 Å². The third-order valence-corrected chi connectivity index (χ3v) is 4.71. The van der Waals surface area contributed by atoms with Gasteiger partial charge in [-0.3, -0.25) is 5.32 Å². The molecule has 4 rings (SSSR count). The van der Waals surface area contributed by atoms with Crippen molar-refractivity contribution in [3.63, 3.8) is 0 Å². The Morgan fingerprint density at radius 3 is 2.38 bits per heavy atom. The molecule has 0 aliphatic heterocycles. The molecule has 13 heteroatoms. The SMILES string of the molecule is COc1ccc2nc(Nc3nc(OC(=O)C(F)(F)F)c4cc(N)cc(OC)c4n3)nc(C)c2c1. The van der Waals surface area contributed by atoms with Gasteiger partial charge in [0.1, 0.15) is 17.0 Å². The number of fused-ring (bicyclic) bond motifs is 2. The molecule has 0 atom stereocenters. The number of rotatable bonds is 5. The maximum atomic E-state index is 12.8. The number of nitrogen functional groups attached to an aromatic ring is 1. The zero-order chi connectivity index (χ0) is 24.6. The summed E-state index contributed by atoms with van der Waals surface area (Å²) in [4.78, 5) is 28.4. The van der Waals surface area contributed by atoms with Crippen LogP contribution in [0.1, 0.15) is 5.69 Å². The number of alkyl halides is 3. The van der Waals surface area contributed by atoms with Gasteiger partial charge in [-0.15, -0.1) is 0 Å². The summed E-state index contributed by atoms with van der Waals surface area (Å²) in [6, 6.07) is 7.89. The third-order valence-electron chi connectivity index (χ3n) is 4.71. The van der Waals surface area contributed by atoms with Crippen molar-refractivity contribution >= 4 is 45.4 Å². The number of nitrogens with zero attached hydrogens (tertiary/aromatic N) is 4. The number of anilines is 3. The van der Waals surface area contributed by atoms with Crippen LogP contribution in [0.4, 0.5) is 30.8 Å². The van der Waals surface area contributed by atoms with E-state index >= 15 is 0 Å². The Morgan fingerprint density at radius 1 is 0.971 bits per heavy atom. The molecule has 0 bridgehead atoms. The van der Waals surface area contributed by atoms with Gasteiger partial charge < -0.3 is 19.9 Å². The van der Waals surface area contributed by atoms with Gasteiger partial charge in [0.2, 0.25) is 17.8 Å². The molecule has 10 nitrogen and oxygen atoms in total. The Hall–Kier alpha value is -4.42. The Bertz CT molecular complexity index is 1430. The van der Waals surface area contributed by atoms with E-state index in [4.69, 9.17) is 15.2 Å². The Kier molecular flexibility index (Phi) is 5.69. The first-order valence-electron chi connectivity index (χ1n) is 9.62. The summed E-state index contributed by atoms with van der Waals surface area (Å²) in [6.07, 6.45) is -5.24. The van der Waals surface area contributed by atoms with Crippen LogP contribution in [0.3, 0.4) is 0 Å². The molecule has 0 radical (unpaired) electrons. The maximum absolute atomic E-state index is 12.8. The zero-order valence-electron chi connectivity index (χ0n) is 18.0. The van der Waals surface area contributed by atoms with E-state index in [9.17, 15) is 18.0 Å². The minimum atomic E-state index is -5.24. The van der Waals surface area contributed by atoms with Gasteiger partial charge in [0.15, 0.2) is 0 Å². The minimum absolute atomic E-state index is 0.0531. The van der Waals surface area contributed by atoms with E-state index in [-0.39, 0.29) is 34.2 Å². The maximum Gasteiger partial charge on any atom is 0.491 e. The summed E-state index contributed by atoms with van der Waals surface area (Å²) in [6.45, 7) is 1.75. The van der Waals surface area contributed by atoms with Crippen LogP contribution in [0, 0.1) is 6.92 Å². The van der Waals surface area contributed by atoms with Gasteiger partial charge in [-0.05, 0) is 31.2 Å². The van der Waals surface area contributed by atoms with Crippen molar-refractivity contribution in [2.45, 2.75) is 13.1 Å². The molecular formula is C21H17F3N6O4. The fourth-order valence-corrected chi connectivity index (χ4v) is 3.17. The van der Waals surface area contributed by atoms with Crippen LogP contribution < -0.4 is 25.3 Å². The van der Waals surface area contributed by atoms with Gasteiger partial charge in [0.25, 0.3) is 0 Å². The van der Waals surface area contributed by atoms with Gasteiger partial charge in [0.05, 0.1) is 30.8 Å². The molecule has 0 unspecified atom stereocenters. The normalized spacial score (nSPS) is 11.5. The van der Waals surface area contributed by atoms with Crippen molar-refractivity contribution in [1.82, 2.24) is 19.9 Å². The van der Waals surface area contributed by atoms with Gasteiger partial charge in [-0.25, -0.2) is 19.7 Å². The van der Waals surface area contributed by atoms with Crippen molar-refractivity contribution in [1.29, 1.82) is 0 Å². The fourth-order valence-electron chi connectivity index (χ4n) is 3.17. The van der Waals surface area contributed by atoms with Gasteiger partial charge in [-0.1, -0.05) is 0 Å². The lowest BCUT2D eigenvalue weighted by Gasteiger charge is -2.13. The lowest BCUT2D eigenvalue weighted by molar-refractivity contribution is -0.189. The summed E-state index contributed by atoms with van der Waals surface area (Å²) in [5.41, 5.74) is 7.17. The molecule has 0 saturated carbocycles. The topological polar surface area (TPSA) is 134 Å². The lowest BCUT2D eigenvalue weighted by Crippen LogP contribution is -2.28. The van der Waals surface area contributed by atoms with Crippen molar-refractivity contribution in [3.05, 3.63) is 36.0 Å². The molecule has 34 heavy (non-hydrogen) atoms. The first kappa shape index (κ1) is 22.8. The van der Waals surface area contributed by atoms with E-state index in [1.165, 1.54) is 26.4 Å². The quantitative estimate of drug-likeness (QED) is 0.326. The number of aryl methyl sites for hydroxylation is 1. The number of nitrogens with two attached hydrogens (primary N) is 1. The number of hydrogen-bond acceptors (Lipinski definition) is 10. The third kappa shape index (κ3) is 4.40. The zero-order valence-corrected chi connectivity index (χ0v) is 18.0. The molecule has 0 amide bonds. The molecule has 0 aliphatic rings. The molecule has 4 aromatic rings. The highest BCUT2D eigenvalue weighted by molar-refractivity contribution is 5.94. The first-order chi connectivity index (χ1) is 16.1. The Morgan fingerprint density at radius 2 is 1.71 bits per heavy atom. The van der Waals surface area contributed by atoms with E-state index in [1.54, 1.807) is 25.1 Å². The largest absolute Gasteiger partial charge is 0.497 e. The molecule has 2 heterocycles. The molecule has 176 valence electrons. The van der Waals surface area contributed by atoms with Crippen LogP contribution in [-0.2, 0) is 4.79 Å². The smallest absolute Gasteiger partial charge is 0.491 e. The van der Waals surface area contributed by atoms with E-state index in [1.807, 2.05) is 0 Å². The molecule has 2 aromatic heterocycles. The lowest BCUT2D eigenvalue weighted by atomic mass is 10.2. The van der Waals surface area contributed by atoms with Gasteiger partial charge in [-0.2, -0.15) is 18.2 Å². The number of carbonyl (C=O) groups is 1. The predicted molar refractivity (Wildman–Crippen MR) is 116 cm³/mol. The summed E-state index contributed by atoms with van der Waals surface area (Å²) >= 11 is 0. The molecule has 2 aromatic carbocycles.